The van der Waals surface area contributed by atoms with Gasteiger partial charge in [-0.2, -0.15) is 0 Å². The van der Waals surface area contributed by atoms with Crippen LogP contribution in [-0.4, -0.2) is 0 Å². The Morgan fingerprint density at radius 2 is 1.23 bits per heavy atom. The summed E-state index contributed by atoms with van der Waals surface area (Å²) in [5.74, 6) is 10.4. The fourth-order valence-corrected chi connectivity index (χ4v) is 7.25. The number of fused-ring (bicyclic) bond motifs is 1. The molecule has 26 heavy (non-hydrogen) atoms. The minimum atomic E-state index is 0.823. The van der Waals surface area contributed by atoms with E-state index in [1.54, 1.807) is 0 Å². The van der Waals surface area contributed by atoms with Crippen molar-refractivity contribution in [3.8, 4) is 0 Å². The minimum absolute atomic E-state index is 0.823. The van der Waals surface area contributed by atoms with Gasteiger partial charge in [0.2, 0.25) is 0 Å². The second kappa shape index (κ2) is 9.47. The zero-order valence-electron chi connectivity index (χ0n) is 19.6. The van der Waals surface area contributed by atoms with Gasteiger partial charge in [0.05, 0.1) is 0 Å². The van der Waals surface area contributed by atoms with Crippen LogP contribution in [0.3, 0.4) is 0 Å². The first kappa shape index (κ1) is 22.3. The summed E-state index contributed by atoms with van der Waals surface area (Å²) < 4.78 is 0. The zero-order chi connectivity index (χ0) is 19.6. The van der Waals surface area contributed by atoms with Crippen molar-refractivity contribution in [2.75, 3.05) is 0 Å². The van der Waals surface area contributed by atoms with Crippen LogP contribution in [0, 0.1) is 65.1 Å². The van der Waals surface area contributed by atoms with Crippen LogP contribution in [0.5, 0.6) is 0 Å². The summed E-state index contributed by atoms with van der Waals surface area (Å²) in [6.07, 6.45) is 8.84. The molecule has 0 bridgehead atoms. The van der Waals surface area contributed by atoms with Gasteiger partial charge < -0.3 is 0 Å². The van der Waals surface area contributed by atoms with E-state index in [0.29, 0.717) is 0 Å². The minimum Gasteiger partial charge on any atom is -0.0625 e. The van der Waals surface area contributed by atoms with Crippen molar-refractivity contribution < 1.29 is 0 Å². The molecule has 0 saturated heterocycles. The quantitative estimate of drug-likeness (QED) is 0.387. The van der Waals surface area contributed by atoms with Crippen molar-refractivity contribution in [3.05, 3.63) is 0 Å². The molecule has 0 amide bonds. The highest BCUT2D eigenvalue weighted by atomic mass is 14.5. The number of rotatable bonds is 9. The lowest BCUT2D eigenvalue weighted by Crippen LogP contribution is -2.20. The summed E-state index contributed by atoms with van der Waals surface area (Å²) in [6.45, 7) is 22.4. The third-order valence-corrected chi connectivity index (χ3v) is 8.96. The fourth-order valence-electron chi connectivity index (χ4n) is 7.25. The van der Waals surface area contributed by atoms with E-state index in [1.807, 2.05) is 0 Å². The second-order valence-electron chi connectivity index (χ2n) is 11.7. The lowest BCUT2D eigenvalue weighted by molar-refractivity contribution is 0.218. The summed E-state index contributed by atoms with van der Waals surface area (Å²) in [5, 5.41) is 0. The highest BCUT2D eigenvalue weighted by Crippen LogP contribution is 2.57. The average Bonchev–Trinajstić information content (AvgIpc) is 3.03. The molecule has 0 heteroatoms. The van der Waals surface area contributed by atoms with Crippen LogP contribution in [0.2, 0.25) is 0 Å². The molecule has 154 valence electrons. The molecule has 10 unspecified atom stereocenters. The summed E-state index contributed by atoms with van der Waals surface area (Å²) in [5.41, 5.74) is 0. The monoisotopic (exact) mass is 362 g/mol. The van der Waals surface area contributed by atoms with Crippen molar-refractivity contribution in [3.63, 3.8) is 0 Å². The molecule has 0 spiro atoms. The molecule has 10 atom stereocenters. The SMILES string of the molecule is CC(CCC(C)CC1CC(C)C2C(C)CC(C)C12)CC(C)C(C)C(C)C. The number of hydrogen-bond acceptors (Lipinski definition) is 0. The molecule has 0 aromatic heterocycles. The summed E-state index contributed by atoms with van der Waals surface area (Å²) >= 11 is 0. The Balaban J connectivity index is 1.76. The van der Waals surface area contributed by atoms with E-state index >= 15 is 0 Å². The fraction of sp³-hybridized carbons (Fsp3) is 1.00. The molecule has 2 saturated carbocycles. The Hall–Kier alpha value is 0. The van der Waals surface area contributed by atoms with Gasteiger partial charge in [0.1, 0.15) is 0 Å². The van der Waals surface area contributed by atoms with Gasteiger partial charge >= 0.3 is 0 Å². The van der Waals surface area contributed by atoms with Crippen LogP contribution >= 0.6 is 0 Å². The van der Waals surface area contributed by atoms with Crippen LogP contribution in [0.15, 0.2) is 0 Å². The molecule has 0 aromatic rings. The van der Waals surface area contributed by atoms with E-state index in [0.717, 1.165) is 65.1 Å². The van der Waals surface area contributed by atoms with E-state index in [1.165, 1.54) is 38.5 Å². The standard InChI is InChI=1S/C26H50/c1-16(2)23(9)19(5)12-17(3)10-11-18(4)13-24-15-22(8)25-20(6)14-21(7)26(24)25/h16-26H,10-15H2,1-9H3. The largest absolute Gasteiger partial charge is 0.0625 e. The van der Waals surface area contributed by atoms with E-state index in [-0.39, 0.29) is 0 Å². The maximum absolute atomic E-state index is 2.55. The van der Waals surface area contributed by atoms with Crippen molar-refractivity contribution in [2.45, 2.75) is 101 Å². The molecule has 0 aliphatic heterocycles. The topological polar surface area (TPSA) is 0 Å². The molecule has 0 aromatic carbocycles. The van der Waals surface area contributed by atoms with E-state index < -0.39 is 0 Å². The zero-order valence-corrected chi connectivity index (χ0v) is 19.6. The lowest BCUT2D eigenvalue weighted by atomic mass is 9.78. The van der Waals surface area contributed by atoms with Crippen LogP contribution in [-0.2, 0) is 0 Å². The van der Waals surface area contributed by atoms with Crippen LogP contribution in [0.25, 0.3) is 0 Å². The van der Waals surface area contributed by atoms with Gasteiger partial charge in [-0.1, -0.05) is 75.2 Å². The van der Waals surface area contributed by atoms with Gasteiger partial charge in [0, 0.05) is 0 Å². The third-order valence-electron chi connectivity index (χ3n) is 8.96. The van der Waals surface area contributed by atoms with Crippen LogP contribution < -0.4 is 0 Å². The number of hydrogen-bond donors (Lipinski definition) is 0. The predicted octanol–water partition coefficient (Wildman–Crippen LogP) is 8.31. The summed E-state index contributed by atoms with van der Waals surface area (Å²) in [6, 6.07) is 0. The van der Waals surface area contributed by atoms with Crippen molar-refractivity contribution in [2.24, 2.45) is 65.1 Å². The smallest absolute Gasteiger partial charge is 0.0326 e. The van der Waals surface area contributed by atoms with Crippen molar-refractivity contribution in [1.82, 2.24) is 0 Å². The first-order valence-electron chi connectivity index (χ1n) is 12.1. The molecular formula is C26H50. The normalized spacial score (nSPS) is 39.0. The van der Waals surface area contributed by atoms with Gasteiger partial charge in [-0.05, 0) is 90.8 Å². The molecule has 0 N–H and O–H groups in total. The Labute approximate surface area is 166 Å². The first-order valence-corrected chi connectivity index (χ1v) is 12.1. The second-order valence-corrected chi connectivity index (χ2v) is 11.7. The van der Waals surface area contributed by atoms with Crippen LogP contribution in [0.4, 0.5) is 0 Å². The summed E-state index contributed by atoms with van der Waals surface area (Å²) in [4.78, 5) is 0. The highest BCUT2D eigenvalue weighted by molar-refractivity contribution is 4.99. The lowest BCUT2D eigenvalue weighted by Gasteiger charge is -2.28. The van der Waals surface area contributed by atoms with Gasteiger partial charge in [0.25, 0.3) is 0 Å². The maximum atomic E-state index is 2.55. The Morgan fingerprint density at radius 1 is 0.692 bits per heavy atom. The molecule has 2 fully saturated rings. The van der Waals surface area contributed by atoms with Gasteiger partial charge in [-0.3, -0.25) is 0 Å². The average molecular weight is 363 g/mol. The van der Waals surface area contributed by atoms with E-state index in [4.69, 9.17) is 0 Å². The van der Waals surface area contributed by atoms with E-state index in [2.05, 4.69) is 62.3 Å². The van der Waals surface area contributed by atoms with Gasteiger partial charge in [0.15, 0.2) is 0 Å². The molecule has 0 radical (unpaired) electrons. The molecule has 2 rings (SSSR count). The van der Waals surface area contributed by atoms with Crippen LogP contribution in [0.1, 0.15) is 101 Å². The Morgan fingerprint density at radius 3 is 1.85 bits per heavy atom. The van der Waals surface area contributed by atoms with Crippen molar-refractivity contribution in [1.29, 1.82) is 0 Å². The highest BCUT2D eigenvalue weighted by Gasteiger charge is 2.50. The molecule has 0 nitrogen and oxygen atoms in total. The molecule has 0 heterocycles. The predicted molar refractivity (Wildman–Crippen MR) is 117 cm³/mol. The third kappa shape index (κ3) is 5.29. The summed E-state index contributed by atoms with van der Waals surface area (Å²) in [7, 11) is 0. The van der Waals surface area contributed by atoms with E-state index in [9.17, 15) is 0 Å². The van der Waals surface area contributed by atoms with Gasteiger partial charge in [-0.15, -0.1) is 0 Å². The molecular weight excluding hydrogens is 312 g/mol. The van der Waals surface area contributed by atoms with Crippen molar-refractivity contribution >= 4 is 0 Å². The first-order chi connectivity index (χ1) is 12.1. The Kier molecular flexibility index (Phi) is 8.12. The van der Waals surface area contributed by atoms with Gasteiger partial charge in [-0.25, -0.2) is 0 Å². The molecule has 2 aliphatic rings. The Bertz CT molecular complexity index is 410. The molecule has 2 aliphatic carbocycles. The maximum Gasteiger partial charge on any atom is -0.0326 e.